The fourth-order valence-electron chi connectivity index (χ4n) is 1.35. The van der Waals surface area contributed by atoms with Gasteiger partial charge in [-0.15, -0.1) is 11.3 Å². The van der Waals surface area contributed by atoms with Crippen LogP contribution in [0.2, 0.25) is 0 Å². The second kappa shape index (κ2) is 6.53. The molecule has 0 fully saturated rings. The number of hydrogen-bond donors (Lipinski definition) is 3. The summed E-state index contributed by atoms with van der Waals surface area (Å²) in [6, 6.07) is 6.99. The maximum absolute atomic E-state index is 10.5. The molecule has 1 heterocycles. The van der Waals surface area contributed by atoms with Gasteiger partial charge in [-0.2, -0.15) is 5.10 Å². The Morgan fingerprint density at radius 3 is 3.05 bits per heavy atom. The third-order valence-corrected chi connectivity index (χ3v) is 2.92. The Morgan fingerprint density at radius 1 is 1.55 bits per heavy atom. The summed E-state index contributed by atoms with van der Waals surface area (Å²) in [5.41, 5.74) is 8.87. The second-order valence-electron chi connectivity index (χ2n) is 3.67. The number of hydrogen-bond acceptors (Lipinski definition) is 7. The predicted molar refractivity (Wildman–Crippen MR) is 77.3 cm³/mol. The van der Waals surface area contributed by atoms with E-state index in [-0.39, 0.29) is 0 Å². The first-order valence-corrected chi connectivity index (χ1v) is 6.47. The van der Waals surface area contributed by atoms with Crippen molar-refractivity contribution in [2.75, 3.05) is 17.8 Å². The molecule has 0 saturated carbocycles. The second-order valence-corrected chi connectivity index (χ2v) is 4.53. The van der Waals surface area contributed by atoms with E-state index in [2.05, 4.69) is 15.5 Å². The number of carboxylic acids is 1. The van der Waals surface area contributed by atoms with Gasteiger partial charge in [-0.25, -0.2) is 9.78 Å². The number of benzene rings is 1. The third-order valence-electron chi connectivity index (χ3n) is 2.16. The lowest BCUT2D eigenvalue weighted by Gasteiger charge is -2.05. The number of nitrogens with zero attached hydrogens (tertiary/aromatic N) is 2. The first-order valence-electron chi connectivity index (χ1n) is 5.59. The van der Waals surface area contributed by atoms with Crippen molar-refractivity contribution in [3.05, 3.63) is 35.2 Å². The summed E-state index contributed by atoms with van der Waals surface area (Å²) in [5, 5.41) is 14.9. The van der Waals surface area contributed by atoms with E-state index in [1.54, 1.807) is 29.6 Å². The number of aromatic nitrogens is 1. The SMILES string of the molecule is Nc1csc(NN=Cc2ccccc2OCC(=O)O)n1. The van der Waals surface area contributed by atoms with Gasteiger partial charge in [0.1, 0.15) is 11.6 Å². The van der Waals surface area contributed by atoms with Gasteiger partial charge in [0.2, 0.25) is 5.13 Å². The Labute approximate surface area is 118 Å². The molecule has 0 aliphatic carbocycles. The number of hydrazone groups is 1. The molecule has 7 nitrogen and oxygen atoms in total. The standard InChI is InChI=1S/C12H12N4O3S/c13-10-7-20-12(15-10)16-14-5-8-3-1-2-4-9(8)19-6-11(17)18/h1-5,7H,6,13H2,(H,15,16)(H,17,18). The van der Waals surface area contributed by atoms with Gasteiger partial charge in [0, 0.05) is 10.9 Å². The lowest BCUT2D eigenvalue weighted by Crippen LogP contribution is -2.10. The van der Waals surface area contributed by atoms with Crippen molar-refractivity contribution in [3.8, 4) is 5.75 Å². The van der Waals surface area contributed by atoms with Crippen LogP contribution in [0.3, 0.4) is 0 Å². The number of thiazole rings is 1. The summed E-state index contributed by atoms with van der Waals surface area (Å²) in [6.45, 7) is -0.401. The van der Waals surface area contributed by atoms with Crippen LogP contribution in [0.1, 0.15) is 5.56 Å². The highest BCUT2D eigenvalue weighted by molar-refractivity contribution is 7.14. The van der Waals surface area contributed by atoms with Crippen LogP contribution in [0.5, 0.6) is 5.75 Å². The lowest BCUT2D eigenvalue weighted by atomic mass is 10.2. The highest BCUT2D eigenvalue weighted by atomic mass is 32.1. The van der Waals surface area contributed by atoms with Gasteiger partial charge in [0.25, 0.3) is 0 Å². The average molecular weight is 292 g/mol. The maximum atomic E-state index is 10.5. The summed E-state index contributed by atoms with van der Waals surface area (Å²) in [5.74, 6) is -0.162. The topological polar surface area (TPSA) is 110 Å². The molecule has 0 aliphatic rings. The summed E-state index contributed by atoms with van der Waals surface area (Å²) >= 11 is 1.33. The van der Waals surface area contributed by atoms with E-state index in [1.165, 1.54) is 17.6 Å². The van der Waals surface area contributed by atoms with Gasteiger partial charge in [0.05, 0.1) is 6.21 Å². The Morgan fingerprint density at radius 2 is 2.35 bits per heavy atom. The number of ether oxygens (including phenoxy) is 1. The van der Waals surface area contributed by atoms with Crippen LogP contribution < -0.4 is 15.9 Å². The van der Waals surface area contributed by atoms with Crippen LogP contribution in [-0.4, -0.2) is 28.9 Å². The first-order chi connectivity index (χ1) is 9.65. The summed E-state index contributed by atoms with van der Waals surface area (Å²) in [6.07, 6.45) is 1.52. The molecule has 0 radical (unpaired) electrons. The number of carbonyl (C=O) groups is 1. The van der Waals surface area contributed by atoms with Crippen molar-refractivity contribution in [2.45, 2.75) is 0 Å². The van der Waals surface area contributed by atoms with E-state index in [4.69, 9.17) is 15.6 Å². The molecular weight excluding hydrogens is 280 g/mol. The number of aliphatic carboxylic acids is 1. The van der Waals surface area contributed by atoms with Gasteiger partial charge < -0.3 is 15.6 Å². The molecule has 2 rings (SSSR count). The van der Waals surface area contributed by atoms with Gasteiger partial charge in [-0.3, -0.25) is 5.43 Å². The maximum Gasteiger partial charge on any atom is 0.341 e. The molecule has 8 heteroatoms. The third kappa shape index (κ3) is 3.95. The fourth-order valence-corrected chi connectivity index (χ4v) is 1.90. The summed E-state index contributed by atoms with van der Waals surface area (Å²) in [7, 11) is 0. The molecule has 0 atom stereocenters. The number of anilines is 2. The summed E-state index contributed by atoms with van der Waals surface area (Å²) < 4.78 is 5.15. The lowest BCUT2D eigenvalue weighted by molar-refractivity contribution is -0.139. The normalized spacial score (nSPS) is 10.6. The number of para-hydroxylation sites is 1. The van der Waals surface area contributed by atoms with E-state index < -0.39 is 12.6 Å². The van der Waals surface area contributed by atoms with Crippen molar-refractivity contribution in [1.29, 1.82) is 0 Å². The summed E-state index contributed by atoms with van der Waals surface area (Å²) in [4.78, 5) is 14.5. The smallest absolute Gasteiger partial charge is 0.341 e. The van der Waals surface area contributed by atoms with Crippen LogP contribution >= 0.6 is 11.3 Å². The average Bonchev–Trinajstić information content (AvgIpc) is 2.83. The minimum absolute atomic E-state index is 0.401. The molecule has 0 saturated heterocycles. The van der Waals surface area contributed by atoms with Crippen LogP contribution in [0.25, 0.3) is 0 Å². The van der Waals surface area contributed by atoms with Gasteiger partial charge in [-0.1, -0.05) is 12.1 Å². The number of nitrogen functional groups attached to an aromatic ring is 1. The number of nitrogens with two attached hydrogens (primary N) is 1. The van der Waals surface area contributed by atoms with Crippen LogP contribution in [0, 0.1) is 0 Å². The molecule has 0 unspecified atom stereocenters. The van der Waals surface area contributed by atoms with E-state index in [0.29, 0.717) is 22.3 Å². The van der Waals surface area contributed by atoms with E-state index in [9.17, 15) is 4.79 Å². The minimum Gasteiger partial charge on any atom is -0.481 e. The molecular formula is C12H12N4O3S. The molecule has 0 aliphatic heterocycles. The molecule has 20 heavy (non-hydrogen) atoms. The van der Waals surface area contributed by atoms with Gasteiger partial charge in [-0.05, 0) is 12.1 Å². The molecule has 0 bridgehead atoms. The van der Waals surface area contributed by atoms with E-state index in [1.807, 2.05) is 0 Å². The van der Waals surface area contributed by atoms with E-state index in [0.717, 1.165) is 0 Å². The Bertz CT molecular complexity index is 627. The molecule has 4 N–H and O–H groups in total. The zero-order valence-corrected chi connectivity index (χ0v) is 11.1. The zero-order valence-electron chi connectivity index (χ0n) is 10.3. The highest BCUT2D eigenvalue weighted by Crippen LogP contribution is 2.18. The predicted octanol–water partition coefficient (Wildman–Crippen LogP) is 1.63. The van der Waals surface area contributed by atoms with Crippen LogP contribution in [-0.2, 0) is 4.79 Å². The van der Waals surface area contributed by atoms with Crippen molar-refractivity contribution in [3.63, 3.8) is 0 Å². The quantitative estimate of drug-likeness (QED) is 0.551. The molecule has 1 aromatic carbocycles. The van der Waals surface area contributed by atoms with Crippen molar-refractivity contribution in [2.24, 2.45) is 5.10 Å². The highest BCUT2D eigenvalue weighted by Gasteiger charge is 2.03. The fraction of sp³-hybridized carbons (Fsp3) is 0.0833. The Hall–Kier alpha value is -2.61. The van der Waals surface area contributed by atoms with Gasteiger partial charge in [0.15, 0.2) is 6.61 Å². The van der Waals surface area contributed by atoms with Crippen molar-refractivity contribution < 1.29 is 14.6 Å². The first kappa shape index (κ1) is 13.8. The van der Waals surface area contributed by atoms with Crippen molar-refractivity contribution in [1.82, 2.24) is 4.98 Å². The zero-order chi connectivity index (χ0) is 14.4. The molecule has 1 aromatic heterocycles. The Balaban J connectivity index is 2.02. The minimum atomic E-state index is -1.03. The monoisotopic (exact) mass is 292 g/mol. The number of carboxylic acid groups (broad SMARTS) is 1. The van der Waals surface area contributed by atoms with Gasteiger partial charge >= 0.3 is 5.97 Å². The van der Waals surface area contributed by atoms with Crippen LogP contribution in [0.15, 0.2) is 34.7 Å². The number of rotatable bonds is 6. The van der Waals surface area contributed by atoms with Crippen molar-refractivity contribution >= 4 is 34.5 Å². The van der Waals surface area contributed by atoms with E-state index >= 15 is 0 Å². The molecule has 0 spiro atoms. The molecule has 2 aromatic rings. The molecule has 104 valence electrons. The largest absolute Gasteiger partial charge is 0.481 e. The number of nitrogens with one attached hydrogen (secondary N) is 1. The van der Waals surface area contributed by atoms with Crippen LogP contribution in [0.4, 0.5) is 10.9 Å². The molecule has 0 amide bonds. The Kier molecular flexibility index (Phi) is 4.51.